The Balaban J connectivity index is 1.77. The van der Waals surface area contributed by atoms with Gasteiger partial charge in [-0.1, -0.05) is 30.3 Å². The van der Waals surface area contributed by atoms with Crippen LogP contribution >= 0.6 is 12.2 Å². The van der Waals surface area contributed by atoms with E-state index in [1.807, 2.05) is 30.3 Å². The van der Waals surface area contributed by atoms with E-state index in [0.29, 0.717) is 16.5 Å². The van der Waals surface area contributed by atoms with Crippen LogP contribution in [0.15, 0.2) is 83.8 Å². The average Bonchev–Trinajstić information content (AvgIpc) is 2.64. The summed E-state index contributed by atoms with van der Waals surface area (Å²) in [6, 6.07) is 20.7. The number of thiocarbonyl (C=S) groups is 1. The summed E-state index contributed by atoms with van der Waals surface area (Å²) < 4.78 is 40.6. The van der Waals surface area contributed by atoms with Crippen molar-refractivity contribution in [1.82, 2.24) is 0 Å². The molecule has 0 fully saturated rings. The van der Waals surface area contributed by atoms with Gasteiger partial charge < -0.3 is 10.6 Å². The monoisotopic (exact) mass is 401 g/mol. The fraction of sp³-hybridized carbons (Fsp3) is 0. The van der Waals surface area contributed by atoms with Crippen LogP contribution in [-0.4, -0.2) is 13.5 Å². The van der Waals surface area contributed by atoms with E-state index in [2.05, 4.69) is 15.4 Å². The van der Waals surface area contributed by atoms with E-state index in [-0.39, 0.29) is 4.90 Å². The van der Waals surface area contributed by atoms with Crippen molar-refractivity contribution in [3.8, 4) is 0 Å². The fourth-order valence-electron chi connectivity index (χ4n) is 2.30. The molecule has 0 spiro atoms. The van der Waals surface area contributed by atoms with Crippen LogP contribution in [0.25, 0.3) is 0 Å². The number of hydrogen-bond donors (Lipinski definition) is 3. The van der Waals surface area contributed by atoms with Gasteiger partial charge in [-0.2, -0.15) is 0 Å². The van der Waals surface area contributed by atoms with E-state index in [0.717, 1.165) is 17.8 Å². The minimum Gasteiger partial charge on any atom is -0.332 e. The van der Waals surface area contributed by atoms with Crippen molar-refractivity contribution in [2.75, 3.05) is 15.4 Å². The Bertz CT molecular complexity index is 1040. The van der Waals surface area contributed by atoms with Crippen molar-refractivity contribution in [1.29, 1.82) is 0 Å². The summed E-state index contributed by atoms with van der Waals surface area (Å²) >= 11 is 5.29. The third-order valence-electron chi connectivity index (χ3n) is 3.58. The normalized spacial score (nSPS) is 10.9. The van der Waals surface area contributed by atoms with Crippen LogP contribution < -0.4 is 15.4 Å². The predicted molar refractivity (Wildman–Crippen MR) is 110 cm³/mol. The highest BCUT2D eigenvalue weighted by Crippen LogP contribution is 2.25. The zero-order chi connectivity index (χ0) is 19.3. The zero-order valence-corrected chi connectivity index (χ0v) is 15.6. The Labute approximate surface area is 162 Å². The molecule has 27 heavy (non-hydrogen) atoms. The Kier molecular flexibility index (Phi) is 5.68. The lowest BCUT2D eigenvalue weighted by molar-refractivity contribution is 0.599. The molecule has 0 saturated heterocycles. The first-order valence-corrected chi connectivity index (χ1v) is 9.84. The summed E-state index contributed by atoms with van der Waals surface area (Å²) in [6.07, 6.45) is 0. The predicted octanol–water partition coefficient (Wildman–Crippen LogP) is 4.44. The fourth-order valence-corrected chi connectivity index (χ4v) is 3.61. The average molecular weight is 401 g/mol. The number of hydrogen-bond acceptors (Lipinski definition) is 3. The molecule has 0 heterocycles. The molecule has 8 heteroatoms. The van der Waals surface area contributed by atoms with Crippen LogP contribution in [0, 0.1) is 5.82 Å². The van der Waals surface area contributed by atoms with Gasteiger partial charge in [-0.15, -0.1) is 0 Å². The quantitative estimate of drug-likeness (QED) is 0.552. The van der Waals surface area contributed by atoms with Crippen molar-refractivity contribution in [3.05, 3.63) is 84.7 Å². The van der Waals surface area contributed by atoms with Gasteiger partial charge in [0.15, 0.2) is 5.11 Å². The number of benzene rings is 3. The van der Waals surface area contributed by atoms with E-state index in [4.69, 9.17) is 12.2 Å². The Morgan fingerprint density at radius 1 is 0.778 bits per heavy atom. The van der Waals surface area contributed by atoms with Crippen molar-refractivity contribution in [3.63, 3.8) is 0 Å². The van der Waals surface area contributed by atoms with E-state index < -0.39 is 15.8 Å². The Hall–Kier alpha value is -2.97. The molecule has 138 valence electrons. The third kappa shape index (κ3) is 5.02. The molecule has 0 aliphatic heterocycles. The lowest BCUT2D eigenvalue weighted by atomic mass is 10.3. The Morgan fingerprint density at radius 2 is 1.37 bits per heavy atom. The molecular formula is C19H16FN3O2S2. The zero-order valence-electron chi connectivity index (χ0n) is 14.0. The molecule has 0 bridgehead atoms. The van der Waals surface area contributed by atoms with Gasteiger partial charge in [0.25, 0.3) is 10.0 Å². The van der Waals surface area contributed by atoms with Gasteiger partial charge in [-0.3, -0.25) is 4.72 Å². The molecule has 0 aliphatic carbocycles. The smallest absolute Gasteiger partial charge is 0.261 e. The number of nitrogens with one attached hydrogen (secondary N) is 3. The summed E-state index contributed by atoms with van der Waals surface area (Å²) in [5.74, 6) is -0.506. The largest absolute Gasteiger partial charge is 0.332 e. The molecule has 0 radical (unpaired) electrons. The van der Waals surface area contributed by atoms with E-state index in [1.54, 1.807) is 24.3 Å². The van der Waals surface area contributed by atoms with Gasteiger partial charge in [0.1, 0.15) is 5.82 Å². The number of rotatable bonds is 5. The molecule has 0 aliphatic rings. The molecule has 3 N–H and O–H groups in total. The lowest BCUT2D eigenvalue weighted by Gasteiger charge is -2.15. The maximum Gasteiger partial charge on any atom is 0.261 e. The third-order valence-corrected chi connectivity index (χ3v) is 5.16. The second kappa shape index (κ2) is 8.15. The van der Waals surface area contributed by atoms with Crippen LogP contribution in [-0.2, 0) is 10.0 Å². The number of halogens is 1. The molecule has 0 amide bonds. The number of para-hydroxylation sites is 3. The molecule has 5 nitrogen and oxygen atoms in total. The molecule has 3 aromatic rings. The van der Waals surface area contributed by atoms with Gasteiger partial charge in [0, 0.05) is 5.69 Å². The van der Waals surface area contributed by atoms with Gasteiger partial charge >= 0.3 is 0 Å². The topological polar surface area (TPSA) is 70.2 Å². The van der Waals surface area contributed by atoms with Crippen molar-refractivity contribution >= 4 is 44.4 Å². The molecule has 3 rings (SSSR count). The second-order valence-electron chi connectivity index (χ2n) is 5.55. The van der Waals surface area contributed by atoms with Crippen LogP contribution in [0.5, 0.6) is 0 Å². The van der Waals surface area contributed by atoms with Gasteiger partial charge in [0.05, 0.1) is 16.3 Å². The Morgan fingerprint density at radius 3 is 2.04 bits per heavy atom. The first-order valence-electron chi connectivity index (χ1n) is 7.94. The summed E-state index contributed by atoms with van der Waals surface area (Å²) in [5, 5.41) is 6.31. The molecule has 0 aromatic heterocycles. The van der Waals surface area contributed by atoms with Crippen molar-refractivity contribution < 1.29 is 12.8 Å². The summed E-state index contributed by atoms with van der Waals surface area (Å²) in [6.45, 7) is 0. The number of sulfonamides is 1. The maximum atomic E-state index is 13.0. The van der Waals surface area contributed by atoms with Crippen molar-refractivity contribution in [2.24, 2.45) is 0 Å². The molecule has 0 atom stereocenters. The summed E-state index contributed by atoms with van der Waals surface area (Å²) in [4.78, 5) is -0.0382. The van der Waals surface area contributed by atoms with E-state index >= 15 is 0 Å². The highest BCUT2D eigenvalue weighted by Gasteiger charge is 2.16. The van der Waals surface area contributed by atoms with Crippen LogP contribution in [0.1, 0.15) is 0 Å². The number of anilines is 3. The highest BCUT2D eigenvalue weighted by atomic mass is 32.2. The van der Waals surface area contributed by atoms with Gasteiger partial charge in [-0.25, -0.2) is 12.8 Å². The minimum atomic E-state index is -3.87. The van der Waals surface area contributed by atoms with Crippen LogP contribution in [0.2, 0.25) is 0 Å². The molecule has 0 saturated carbocycles. The summed E-state index contributed by atoms with van der Waals surface area (Å²) in [5.41, 5.74) is 1.61. The van der Waals surface area contributed by atoms with Crippen molar-refractivity contribution in [2.45, 2.75) is 4.90 Å². The standard InChI is InChI=1S/C19H16FN3O2S2/c20-14-10-12-16(13-11-14)27(24,25)23-18-9-5-4-8-17(18)22-19(26)21-15-6-2-1-3-7-15/h1-13,23H,(H2,21,22,26). The van der Waals surface area contributed by atoms with Gasteiger partial charge in [-0.05, 0) is 60.7 Å². The first-order chi connectivity index (χ1) is 12.9. The first kappa shape index (κ1) is 18.8. The second-order valence-corrected chi connectivity index (χ2v) is 7.64. The summed E-state index contributed by atoms with van der Waals surface area (Å²) in [7, 11) is -3.87. The van der Waals surface area contributed by atoms with E-state index in [1.165, 1.54) is 12.1 Å². The highest BCUT2D eigenvalue weighted by molar-refractivity contribution is 7.92. The van der Waals surface area contributed by atoms with Gasteiger partial charge in [0.2, 0.25) is 0 Å². The van der Waals surface area contributed by atoms with E-state index in [9.17, 15) is 12.8 Å². The minimum absolute atomic E-state index is 0.0382. The van der Waals surface area contributed by atoms with Crippen LogP contribution in [0.4, 0.5) is 21.5 Å². The van der Waals surface area contributed by atoms with Crippen LogP contribution in [0.3, 0.4) is 0 Å². The molecule has 3 aromatic carbocycles. The maximum absolute atomic E-state index is 13.0. The molecular weight excluding hydrogens is 385 g/mol. The SMILES string of the molecule is O=S(=O)(Nc1ccccc1NC(=S)Nc1ccccc1)c1ccc(F)cc1. The molecule has 0 unspecified atom stereocenters. The lowest BCUT2D eigenvalue weighted by Crippen LogP contribution is -2.21.